The number of nitrogens with one attached hydrogen (secondary N) is 1. The molecule has 0 spiro atoms. The molecule has 7 heteroatoms. The van der Waals surface area contributed by atoms with E-state index in [0.717, 1.165) is 17.8 Å². The molecule has 1 saturated heterocycles. The lowest BCUT2D eigenvalue weighted by molar-refractivity contribution is -0.129. The second kappa shape index (κ2) is 5.77. The van der Waals surface area contributed by atoms with Crippen molar-refractivity contribution in [3.63, 3.8) is 0 Å². The zero-order chi connectivity index (χ0) is 14.8. The lowest BCUT2D eigenvalue weighted by atomic mass is 9.96. The lowest BCUT2D eigenvalue weighted by Crippen LogP contribution is -2.37. The van der Waals surface area contributed by atoms with E-state index in [1.807, 2.05) is 10.3 Å². The van der Waals surface area contributed by atoms with Crippen LogP contribution >= 0.6 is 11.3 Å². The number of aromatic amines is 1. The van der Waals surface area contributed by atoms with Crippen molar-refractivity contribution in [3.05, 3.63) is 33.8 Å². The fourth-order valence-electron chi connectivity index (χ4n) is 2.60. The third-order valence-electron chi connectivity index (χ3n) is 3.74. The first kappa shape index (κ1) is 13.9. The first-order chi connectivity index (χ1) is 10.1. The van der Waals surface area contributed by atoms with Crippen molar-refractivity contribution in [1.82, 2.24) is 19.9 Å². The van der Waals surface area contributed by atoms with Crippen molar-refractivity contribution in [1.29, 1.82) is 0 Å². The first-order valence-electron chi connectivity index (χ1n) is 6.90. The molecule has 1 N–H and O–H groups in total. The van der Waals surface area contributed by atoms with Gasteiger partial charge < -0.3 is 9.88 Å². The molecule has 3 rings (SSSR count). The summed E-state index contributed by atoms with van der Waals surface area (Å²) in [6.07, 6.45) is 3.35. The van der Waals surface area contributed by atoms with Gasteiger partial charge in [-0.05, 0) is 12.8 Å². The van der Waals surface area contributed by atoms with Gasteiger partial charge in [0.05, 0.1) is 0 Å². The summed E-state index contributed by atoms with van der Waals surface area (Å²) in [5.41, 5.74) is 0.469. The van der Waals surface area contributed by atoms with Gasteiger partial charge in [-0.25, -0.2) is 9.97 Å². The molecule has 0 radical (unpaired) electrons. The Morgan fingerprint density at radius 1 is 1.43 bits per heavy atom. The van der Waals surface area contributed by atoms with Gasteiger partial charge in [0.1, 0.15) is 16.5 Å². The fourth-order valence-corrected chi connectivity index (χ4v) is 3.19. The molecular weight excluding hydrogens is 288 g/mol. The zero-order valence-corrected chi connectivity index (χ0v) is 12.5. The van der Waals surface area contributed by atoms with Gasteiger partial charge in [-0.15, -0.1) is 11.3 Å². The van der Waals surface area contributed by atoms with Crippen LogP contribution in [0.15, 0.2) is 22.4 Å². The summed E-state index contributed by atoms with van der Waals surface area (Å²) in [4.78, 5) is 36.6. The molecule has 1 aliphatic heterocycles. The number of aromatic nitrogens is 3. The number of nitrogens with zero attached hydrogens (tertiary/aromatic N) is 3. The predicted octanol–water partition coefficient (Wildman–Crippen LogP) is 1.62. The molecule has 2 aromatic rings. The molecule has 6 nitrogen and oxygen atoms in total. The van der Waals surface area contributed by atoms with Crippen LogP contribution in [0.5, 0.6) is 0 Å². The Labute approximate surface area is 125 Å². The Morgan fingerprint density at radius 2 is 2.19 bits per heavy atom. The Balaban J connectivity index is 1.83. The number of thiazole rings is 1. The average Bonchev–Trinajstić information content (AvgIpc) is 3.01. The zero-order valence-electron chi connectivity index (χ0n) is 11.7. The highest BCUT2D eigenvalue weighted by atomic mass is 32.1. The maximum absolute atomic E-state index is 11.8. The van der Waals surface area contributed by atoms with E-state index in [-0.39, 0.29) is 17.4 Å². The van der Waals surface area contributed by atoms with Gasteiger partial charge in [0.2, 0.25) is 5.91 Å². The summed E-state index contributed by atoms with van der Waals surface area (Å²) in [5, 5.41) is 2.62. The minimum Gasteiger partial charge on any atom is -0.343 e. The van der Waals surface area contributed by atoms with E-state index in [9.17, 15) is 9.59 Å². The van der Waals surface area contributed by atoms with Crippen molar-refractivity contribution in [2.24, 2.45) is 0 Å². The highest BCUT2D eigenvalue weighted by Crippen LogP contribution is 2.26. The second-order valence-corrected chi connectivity index (χ2v) is 6.03. The molecule has 0 aliphatic carbocycles. The Bertz CT molecular complexity index is 687. The van der Waals surface area contributed by atoms with Crippen LogP contribution < -0.4 is 5.56 Å². The van der Waals surface area contributed by atoms with Gasteiger partial charge in [0.15, 0.2) is 0 Å². The monoisotopic (exact) mass is 304 g/mol. The van der Waals surface area contributed by atoms with Crippen LogP contribution in [0.2, 0.25) is 0 Å². The van der Waals surface area contributed by atoms with Crippen molar-refractivity contribution in [2.45, 2.75) is 25.7 Å². The molecule has 1 aliphatic rings. The van der Waals surface area contributed by atoms with Gasteiger partial charge in [-0.1, -0.05) is 0 Å². The van der Waals surface area contributed by atoms with Crippen LogP contribution in [-0.2, 0) is 4.79 Å². The number of hydrogen-bond acceptors (Lipinski definition) is 5. The highest BCUT2D eigenvalue weighted by molar-refractivity contribution is 7.13. The molecule has 0 bridgehead atoms. The quantitative estimate of drug-likeness (QED) is 0.914. The van der Waals surface area contributed by atoms with E-state index in [0.29, 0.717) is 24.6 Å². The smallest absolute Gasteiger partial charge is 0.251 e. The molecular formula is C14H16N4O2S. The third-order valence-corrected chi connectivity index (χ3v) is 4.53. The van der Waals surface area contributed by atoms with Crippen LogP contribution in [0.4, 0.5) is 0 Å². The maximum Gasteiger partial charge on any atom is 0.251 e. The number of rotatable bonds is 2. The highest BCUT2D eigenvalue weighted by Gasteiger charge is 2.24. The van der Waals surface area contributed by atoms with Crippen LogP contribution in [0.1, 0.15) is 31.5 Å². The van der Waals surface area contributed by atoms with E-state index < -0.39 is 0 Å². The van der Waals surface area contributed by atoms with E-state index in [4.69, 9.17) is 0 Å². The number of hydrogen-bond donors (Lipinski definition) is 1. The molecule has 0 aromatic carbocycles. The Morgan fingerprint density at radius 3 is 2.81 bits per heavy atom. The number of H-pyrrole nitrogens is 1. The Kier molecular flexibility index (Phi) is 3.83. The maximum atomic E-state index is 11.8. The summed E-state index contributed by atoms with van der Waals surface area (Å²) in [7, 11) is 0. The second-order valence-electron chi connectivity index (χ2n) is 5.13. The van der Waals surface area contributed by atoms with Gasteiger partial charge >= 0.3 is 0 Å². The van der Waals surface area contributed by atoms with E-state index >= 15 is 0 Å². The number of piperidine rings is 1. The number of carbonyl (C=O) groups excluding carboxylic acids is 1. The molecule has 1 fully saturated rings. The summed E-state index contributed by atoms with van der Waals surface area (Å²) in [6, 6.07) is 1.48. The first-order valence-corrected chi connectivity index (χ1v) is 7.78. The van der Waals surface area contributed by atoms with Crippen molar-refractivity contribution < 1.29 is 4.79 Å². The normalized spacial score (nSPS) is 16.1. The van der Waals surface area contributed by atoms with Gasteiger partial charge in [0.25, 0.3) is 5.56 Å². The van der Waals surface area contributed by atoms with Crippen LogP contribution in [-0.4, -0.2) is 38.8 Å². The third kappa shape index (κ3) is 3.02. The standard InChI is InChI=1S/C14H16N4O2S/c1-9(19)18-5-2-10(3-6-18)13-16-11(8-12(20)17-13)14-15-4-7-21-14/h4,7-8,10H,2-3,5-6H2,1H3,(H,16,17,20). The average molecular weight is 304 g/mol. The Hall–Kier alpha value is -2.02. The van der Waals surface area contributed by atoms with Crippen molar-refractivity contribution in [2.75, 3.05) is 13.1 Å². The molecule has 110 valence electrons. The fraction of sp³-hybridized carbons (Fsp3) is 0.429. The summed E-state index contributed by atoms with van der Waals surface area (Å²) in [6.45, 7) is 3.01. The van der Waals surface area contributed by atoms with Crippen LogP contribution in [0, 0.1) is 0 Å². The van der Waals surface area contributed by atoms with Crippen molar-refractivity contribution in [3.8, 4) is 10.7 Å². The van der Waals surface area contributed by atoms with E-state index in [1.165, 1.54) is 17.4 Å². The lowest BCUT2D eigenvalue weighted by Gasteiger charge is -2.30. The number of likely N-dealkylation sites (tertiary alicyclic amines) is 1. The molecule has 0 unspecified atom stereocenters. The largest absolute Gasteiger partial charge is 0.343 e. The van der Waals surface area contributed by atoms with Gasteiger partial charge in [-0.3, -0.25) is 9.59 Å². The summed E-state index contributed by atoms with van der Waals surface area (Å²) >= 11 is 1.47. The topological polar surface area (TPSA) is 79.0 Å². The minimum atomic E-state index is -0.154. The van der Waals surface area contributed by atoms with Gasteiger partial charge in [-0.2, -0.15) is 0 Å². The number of carbonyl (C=O) groups is 1. The molecule has 21 heavy (non-hydrogen) atoms. The molecule has 2 aromatic heterocycles. The molecule has 0 atom stereocenters. The van der Waals surface area contributed by atoms with Crippen LogP contribution in [0.3, 0.4) is 0 Å². The predicted molar refractivity (Wildman–Crippen MR) is 80.2 cm³/mol. The van der Waals surface area contributed by atoms with Crippen LogP contribution in [0.25, 0.3) is 10.7 Å². The van der Waals surface area contributed by atoms with Gasteiger partial charge in [0, 0.05) is 43.6 Å². The number of amides is 1. The SMILES string of the molecule is CC(=O)N1CCC(c2nc(-c3nccs3)cc(=O)[nH]2)CC1. The molecule has 3 heterocycles. The summed E-state index contributed by atoms with van der Waals surface area (Å²) < 4.78 is 0. The molecule has 1 amide bonds. The molecule has 0 saturated carbocycles. The summed E-state index contributed by atoms with van der Waals surface area (Å²) in [5.74, 6) is 0.996. The van der Waals surface area contributed by atoms with Crippen molar-refractivity contribution >= 4 is 17.2 Å². The van der Waals surface area contributed by atoms with E-state index in [1.54, 1.807) is 13.1 Å². The minimum absolute atomic E-state index is 0.103. The van der Waals surface area contributed by atoms with E-state index in [2.05, 4.69) is 15.0 Å².